The number of aromatic nitrogens is 2. The largest absolute Gasteiger partial charge is 0.340 e. The fourth-order valence-corrected chi connectivity index (χ4v) is 2.90. The molecule has 1 N–H and O–H groups in total. The lowest BCUT2D eigenvalue weighted by atomic mass is 10.2. The van der Waals surface area contributed by atoms with E-state index in [-0.39, 0.29) is 0 Å². The van der Waals surface area contributed by atoms with Gasteiger partial charge in [0.2, 0.25) is 0 Å². The van der Waals surface area contributed by atoms with Gasteiger partial charge in [-0.2, -0.15) is 0 Å². The molecule has 0 saturated carbocycles. The number of halogens is 1. The molecule has 2 aromatic heterocycles. The van der Waals surface area contributed by atoms with E-state index in [1.54, 1.807) is 17.5 Å². The fraction of sp³-hybridized carbons (Fsp3) is 0.0769. The van der Waals surface area contributed by atoms with Crippen molar-refractivity contribution in [3.8, 4) is 0 Å². The Morgan fingerprint density at radius 3 is 2.94 bits per heavy atom. The minimum Gasteiger partial charge on any atom is -0.340 e. The fourth-order valence-electron chi connectivity index (χ4n) is 1.74. The number of aryl methyl sites for hydroxylation is 1. The highest BCUT2D eigenvalue weighted by molar-refractivity contribution is 9.10. The molecule has 0 saturated heterocycles. The molecule has 2 heterocycles. The molecular formula is C13H10BrN3S. The Bertz CT molecular complexity index is 708. The predicted octanol–water partition coefficient (Wildman–Crippen LogP) is 4.51. The summed E-state index contributed by atoms with van der Waals surface area (Å²) in [4.78, 5) is 8.64. The summed E-state index contributed by atoms with van der Waals surface area (Å²) in [5.74, 6) is 0.877. The van der Waals surface area contributed by atoms with Crippen LogP contribution in [0.4, 0.5) is 11.5 Å². The van der Waals surface area contributed by atoms with Crippen molar-refractivity contribution in [3.63, 3.8) is 0 Å². The maximum atomic E-state index is 4.37. The zero-order valence-electron chi connectivity index (χ0n) is 9.64. The number of hydrogen-bond donors (Lipinski definition) is 1. The summed E-state index contributed by atoms with van der Waals surface area (Å²) in [6.07, 6.45) is 1.79. The summed E-state index contributed by atoms with van der Waals surface area (Å²) in [5.41, 5.74) is 5.03. The SMILES string of the molecule is Cc1cc(Br)cnc1Nc1ccc2ncsc2c1. The zero-order valence-corrected chi connectivity index (χ0v) is 12.0. The number of pyridine rings is 1. The van der Waals surface area contributed by atoms with E-state index >= 15 is 0 Å². The first-order valence-corrected chi connectivity index (χ1v) is 7.12. The Morgan fingerprint density at radius 1 is 1.22 bits per heavy atom. The van der Waals surface area contributed by atoms with Crippen LogP contribution >= 0.6 is 27.3 Å². The summed E-state index contributed by atoms with van der Waals surface area (Å²) in [5, 5.41) is 3.33. The third-order valence-corrected chi connectivity index (χ3v) is 3.86. The van der Waals surface area contributed by atoms with Crippen LogP contribution in [-0.2, 0) is 0 Å². The molecule has 0 bridgehead atoms. The molecule has 5 heteroatoms. The molecule has 0 unspecified atom stereocenters. The van der Waals surface area contributed by atoms with Crippen molar-refractivity contribution in [3.05, 3.63) is 46.0 Å². The molecule has 0 spiro atoms. The summed E-state index contributed by atoms with van der Waals surface area (Å²) in [6.45, 7) is 2.03. The van der Waals surface area contributed by atoms with Gasteiger partial charge >= 0.3 is 0 Å². The predicted molar refractivity (Wildman–Crippen MR) is 79.6 cm³/mol. The molecule has 0 radical (unpaired) electrons. The second-order valence-corrected chi connectivity index (χ2v) is 5.78. The Kier molecular flexibility index (Phi) is 3.01. The van der Waals surface area contributed by atoms with E-state index < -0.39 is 0 Å². The van der Waals surface area contributed by atoms with Crippen LogP contribution in [0.3, 0.4) is 0 Å². The van der Waals surface area contributed by atoms with Crippen molar-refractivity contribution in [1.29, 1.82) is 0 Å². The highest BCUT2D eigenvalue weighted by Crippen LogP contribution is 2.25. The monoisotopic (exact) mass is 319 g/mol. The minimum absolute atomic E-state index is 0.877. The van der Waals surface area contributed by atoms with Crippen LogP contribution in [0.1, 0.15) is 5.56 Å². The average Bonchev–Trinajstić information content (AvgIpc) is 2.80. The van der Waals surface area contributed by atoms with Crippen molar-refractivity contribution in [1.82, 2.24) is 9.97 Å². The molecule has 3 nitrogen and oxygen atoms in total. The van der Waals surface area contributed by atoms with Crippen LogP contribution in [0.2, 0.25) is 0 Å². The molecule has 0 fully saturated rings. The maximum Gasteiger partial charge on any atom is 0.133 e. The van der Waals surface area contributed by atoms with Gasteiger partial charge < -0.3 is 5.32 Å². The standard InChI is InChI=1S/C13H10BrN3S/c1-8-4-9(14)6-15-13(8)17-10-2-3-11-12(5-10)18-7-16-11/h2-7H,1H3,(H,15,17). The molecule has 0 atom stereocenters. The Labute approximate surface area is 117 Å². The number of fused-ring (bicyclic) bond motifs is 1. The molecule has 0 aliphatic carbocycles. The Balaban J connectivity index is 1.95. The van der Waals surface area contributed by atoms with Gasteiger partial charge in [-0.05, 0) is 52.7 Å². The van der Waals surface area contributed by atoms with E-state index in [2.05, 4.69) is 37.3 Å². The normalized spacial score (nSPS) is 10.8. The lowest BCUT2D eigenvalue weighted by Gasteiger charge is -2.08. The van der Waals surface area contributed by atoms with E-state index in [0.29, 0.717) is 0 Å². The van der Waals surface area contributed by atoms with Gasteiger partial charge in [0.1, 0.15) is 5.82 Å². The lowest BCUT2D eigenvalue weighted by molar-refractivity contribution is 1.24. The van der Waals surface area contributed by atoms with E-state index in [1.165, 1.54) is 4.70 Å². The number of thiazole rings is 1. The molecule has 0 aliphatic rings. The number of hydrogen-bond acceptors (Lipinski definition) is 4. The van der Waals surface area contributed by atoms with Crippen LogP contribution in [0.5, 0.6) is 0 Å². The first-order chi connectivity index (χ1) is 8.72. The Hall–Kier alpha value is -1.46. The van der Waals surface area contributed by atoms with Crippen LogP contribution in [-0.4, -0.2) is 9.97 Å². The first-order valence-electron chi connectivity index (χ1n) is 5.45. The van der Waals surface area contributed by atoms with Gasteiger partial charge in [-0.1, -0.05) is 0 Å². The van der Waals surface area contributed by atoms with Crippen molar-refractivity contribution in [2.24, 2.45) is 0 Å². The quantitative estimate of drug-likeness (QED) is 0.755. The molecule has 90 valence electrons. The number of nitrogens with zero attached hydrogens (tertiary/aromatic N) is 2. The molecular weight excluding hydrogens is 310 g/mol. The second-order valence-electron chi connectivity index (χ2n) is 3.98. The van der Waals surface area contributed by atoms with Gasteiger partial charge in [0.15, 0.2) is 0 Å². The van der Waals surface area contributed by atoms with Gasteiger partial charge in [-0.15, -0.1) is 11.3 Å². The van der Waals surface area contributed by atoms with E-state index in [0.717, 1.165) is 27.1 Å². The van der Waals surface area contributed by atoms with Crippen LogP contribution in [0.15, 0.2) is 40.4 Å². The van der Waals surface area contributed by atoms with E-state index in [4.69, 9.17) is 0 Å². The van der Waals surface area contributed by atoms with Crippen molar-refractivity contribution < 1.29 is 0 Å². The van der Waals surface area contributed by atoms with Crippen LogP contribution in [0, 0.1) is 6.92 Å². The number of nitrogens with one attached hydrogen (secondary N) is 1. The molecule has 3 rings (SSSR count). The summed E-state index contributed by atoms with van der Waals surface area (Å²) in [7, 11) is 0. The van der Waals surface area contributed by atoms with Crippen LogP contribution in [0.25, 0.3) is 10.2 Å². The van der Waals surface area contributed by atoms with Gasteiger partial charge in [-0.3, -0.25) is 0 Å². The topological polar surface area (TPSA) is 37.8 Å². The highest BCUT2D eigenvalue weighted by atomic mass is 79.9. The third-order valence-electron chi connectivity index (χ3n) is 2.64. The lowest BCUT2D eigenvalue weighted by Crippen LogP contribution is -1.95. The van der Waals surface area contributed by atoms with Gasteiger partial charge in [0, 0.05) is 16.4 Å². The average molecular weight is 320 g/mol. The van der Waals surface area contributed by atoms with Gasteiger partial charge in [0.25, 0.3) is 0 Å². The number of benzene rings is 1. The third kappa shape index (κ3) is 2.23. The summed E-state index contributed by atoms with van der Waals surface area (Å²) < 4.78 is 2.17. The van der Waals surface area contributed by atoms with Crippen molar-refractivity contribution >= 4 is 49.0 Å². The van der Waals surface area contributed by atoms with Crippen molar-refractivity contribution in [2.45, 2.75) is 6.92 Å². The van der Waals surface area contributed by atoms with E-state index in [1.807, 2.05) is 30.6 Å². The van der Waals surface area contributed by atoms with Crippen molar-refractivity contribution in [2.75, 3.05) is 5.32 Å². The van der Waals surface area contributed by atoms with Crippen LogP contribution < -0.4 is 5.32 Å². The molecule has 0 amide bonds. The van der Waals surface area contributed by atoms with Gasteiger partial charge in [-0.25, -0.2) is 9.97 Å². The minimum atomic E-state index is 0.877. The molecule has 0 aliphatic heterocycles. The van der Waals surface area contributed by atoms with E-state index in [9.17, 15) is 0 Å². The second kappa shape index (κ2) is 4.66. The first kappa shape index (κ1) is 11.6. The van der Waals surface area contributed by atoms with Gasteiger partial charge in [0.05, 0.1) is 15.7 Å². The smallest absolute Gasteiger partial charge is 0.133 e. The number of rotatable bonds is 2. The summed E-state index contributed by atoms with van der Waals surface area (Å²) >= 11 is 5.05. The molecule has 3 aromatic rings. The molecule has 18 heavy (non-hydrogen) atoms. The maximum absolute atomic E-state index is 4.37. The Morgan fingerprint density at radius 2 is 2.11 bits per heavy atom. The summed E-state index contributed by atoms with van der Waals surface area (Å²) in [6, 6.07) is 8.17. The number of anilines is 2. The molecule has 1 aromatic carbocycles. The zero-order chi connectivity index (χ0) is 12.5. The highest BCUT2D eigenvalue weighted by Gasteiger charge is 2.03.